The van der Waals surface area contributed by atoms with Crippen LogP contribution in [0.4, 0.5) is 0 Å². The zero-order chi connectivity index (χ0) is 16.8. The van der Waals surface area contributed by atoms with Crippen LogP contribution in [0.25, 0.3) is 0 Å². The maximum Gasteiger partial charge on any atom is 0.318 e. The normalized spacial score (nSPS) is 32.7. The van der Waals surface area contributed by atoms with Gasteiger partial charge in [0.2, 0.25) is 0 Å². The maximum absolute atomic E-state index is 12.4. The van der Waals surface area contributed by atoms with E-state index in [0.717, 1.165) is 30.8 Å². The van der Waals surface area contributed by atoms with Crippen molar-refractivity contribution >= 4 is 11.9 Å². The van der Waals surface area contributed by atoms with Crippen molar-refractivity contribution in [2.75, 3.05) is 27.2 Å². The third-order valence-corrected chi connectivity index (χ3v) is 5.61. The Morgan fingerprint density at radius 3 is 2.54 bits per heavy atom. The molecule has 1 aliphatic carbocycles. The molecule has 0 bridgehead atoms. The summed E-state index contributed by atoms with van der Waals surface area (Å²) >= 11 is 0. The van der Waals surface area contributed by atoms with Gasteiger partial charge >= 0.3 is 11.9 Å². The SMILES string of the molecule is COc1ccc(C2C=C3CCN(C)CC3C3C(=O)OC(=O)C23)cc1. The van der Waals surface area contributed by atoms with E-state index in [4.69, 9.17) is 9.47 Å². The predicted molar refractivity (Wildman–Crippen MR) is 87.5 cm³/mol. The summed E-state index contributed by atoms with van der Waals surface area (Å²) in [6, 6.07) is 7.74. The van der Waals surface area contributed by atoms with Gasteiger partial charge in [-0.15, -0.1) is 0 Å². The molecule has 0 saturated carbocycles. The van der Waals surface area contributed by atoms with Crippen molar-refractivity contribution < 1.29 is 19.1 Å². The first-order valence-corrected chi connectivity index (χ1v) is 8.37. The van der Waals surface area contributed by atoms with Gasteiger partial charge in [-0.3, -0.25) is 9.59 Å². The van der Waals surface area contributed by atoms with Crippen molar-refractivity contribution in [3.8, 4) is 5.75 Å². The lowest BCUT2D eigenvalue weighted by atomic mass is 9.65. The highest BCUT2D eigenvalue weighted by Gasteiger charge is 2.55. The van der Waals surface area contributed by atoms with E-state index in [2.05, 4.69) is 18.0 Å². The third-order valence-electron chi connectivity index (χ3n) is 5.61. The van der Waals surface area contributed by atoms with Crippen LogP contribution in [-0.4, -0.2) is 44.1 Å². The van der Waals surface area contributed by atoms with E-state index in [9.17, 15) is 9.59 Å². The van der Waals surface area contributed by atoms with Gasteiger partial charge in [0, 0.05) is 24.9 Å². The lowest BCUT2D eigenvalue weighted by Crippen LogP contribution is -2.44. The number of carbonyl (C=O) groups is 2. The second kappa shape index (κ2) is 5.74. The summed E-state index contributed by atoms with van der Waals surface area (Å²) < 4.78 is 10.2. The minimum atomic E-state index is -0.411. The molecule has 4 rings (SSSR count). The van der Waals surface area contributed by atoms with Gasteiger partial charge in [0.25, 0.3) is 0 Å². The van der Waals surface area contributed by atoms with Gasteiger partial charge in [0.05, 0.1) is 18.9 Å². The van der Waals surface area contributed by atoms with Crippen LogP contribution < -0.4 is 4.74 Å². The van der Waals surface area contributed by atoms with Crippen molar-refractivity contribution in [1.82, 2.24) is 4.90 Å². The number of likely N-dealkylation sites (tertiary alicyclic amines) is 1. The fourth-order valence-corrected chi connectivity index (χ4v) is 4.38. The minimum Gasteiger partial charge on any atom is -0.497 e. The van der Waals surface area contributed by atoms with Crippen LogP contribution >= 0.6 is 0 Å². The molecule has 126 valence electrons. The molecule has 2 saturated heterocycles. The van der Waals surface area contributed by atoms with Gasteiger partial charge in [-0.2, -0.15) is 0 Å². The first kappa shape index (κ1) is 15.4. The van der Waals surface area contributed by atoms with Crippen LogP contribution in [0.2, 0.25) is 0 Å². The van der Waals surface area contributed by atoms with Gasteiger partial charge < -0.3 is 14.4 Å². The van der Waals surface area contributed by atoms with Gasteiger partial charge in [-0.05, 0) is 31.2 Å². The number of ether oxygens (including phenoxy) is 2. The molecule has 5 nitrogen and oxygen atoms in total. The number of benzene rings is 1. The second-order valence-electron chi connectivity index (χ2n) is 6.95. The quantitative estimate of drug-likeness (QED) is 0.472. The Bertz CT molecular complexity index is 709. The number of hydrogen-bond donors (Lipinski definition) is 0. The highest BCUT2D eigenvalue weighted by Crippen LogP contribution is 2.49. The Morgan fingerprint density at radius 1 is 1.12 bits per heavy atom. The van der Waals surface area contributed by atoms with E-state index in [0.29, 0.717) is 0 Å². The molecular weight excluding hydrogens is 306 g/mol. The molecule has 4 unspecified atom stereocenters. The minimum absolute atomic E-state index is 0.0993. The number of piperidine rings is 1. The van der Waals surface area contributed by atoms with E-state index in [1.54, 1.807) is 7.11 Å². The molecule has 24 heavy (non-hydrogen) atoms. The molecule has 2 fully saturated rings. The molecule has 2 heterocycles. The van der Waals surface area contributed by atoms with Gasteiger partial charge in [0.15, 0.2) is 0 Å². The molecule has 0 radical (unpaired) electrons. The average molecular weight is 327 g/mol. The van der Waals surface area contributed by atoms with Crippen LogP contribution in [0, 0.1) is 17.8 Å². The fourth-order valence-electron chi connectivity index (χ4n) is 4.38. The van der Waals surface area contributed by atoms with E-state index in [1.165, 1.54) is 5.57 Å². The first-order valence-electron chi connectivity index (χ1n) is 8.37. The molecular formula is C19H21NO4. The lowest BCUT2D eigenvalue weighted by molar-refractivity contribution is -0.154. The van der Waals surface area contributed by atoms with Crippen molar-refractivity contribution in [3.05, 3.63) is 41.5 Å². The molecule has 0 amide bonds. The number of methoxy groups -OCH3 is 1. The van der Waals surface area contributed by atoms with Crippen LogP contribution in [0.5, 0.6) is 5.75 Å². The zero-order valence-corrected chi connectivity index (χ0v) is 13.9. The molecule has 0 spiro atoms. The van der Waals surface area contributed by atoms with Crippen molar-refractivity contribution in [3.63, 3.8) is 0 Å². The summed E-state index contributed by atoms with van der Waals surface area (Å²) in [4.78, 5) is 26.9. The number of carbonyl (C=O) groups excluding carboxylic acids is 2. The van der Waals surface area contributed by atoms with Gasteiger partial charge in [-0.25, -0.2) is 0 Å². The molecule has 5 heteroatoms. The molecule has 0 aromatic heterocycles. The fraction of sp³-hybridized carbons (Fsp3) is 0.474. The Balaban J connectivity index is 1.76. The summed E-state index contributed by atoms with van der Waals surface area (Å²) in [6.45, 7) is 1.79. The molecule has 0 N–H and O–H groups in total. The highest BCUT2D eigenvalue weighted by molar-refractivity contribution is 5.98. The van der Waals surface area contributed by atoms with E-state index in [1.807, 2.05) is 24.3 Å². The Kier molecular flexibility index (Phi) is 3.68. The summed E-state index contributed by atoms with van der Waals surface area (Å²) in [5.74, 6) is -0.722. The number of cyclic esters (lactones) is 2. The van der Waals surface area contributed by atoms with E-state index < -0.39 is 5.92 Å². The summed E-state index contributed by atoms with van der Waals surface area (Å²) in [5.41, 5.74) is 2.32. The van der Waals surface area contributed by atoms with Crippen LogP contribution in [0.3, 0.4) is 0 Å². The smallest absolute Gasteiger partial charge is 0.318 e. The van der Waals surface area contributed by atoms with Gasteiger partial charge in [-0.1, -0.05) is 23.8 Å². The van der Waals surface area contributed by atoms with Crippen molar-refractivity contribution in [2.45, 2.75) is 12.3 Å². The zero-order valence-electron chi connectivity index (χ0n) is 13.9. The summed E-state index contributed by atoms with van der Waals surface area (Å²) in [7, 11) is 3.69. The average Bonchev–Trinajstić information content (AvgIpc) is 2.89. The third kappa shape index (κ3) is 2.35. The van der Waals surface area contributed by atoms with Crippen molar-refractivity contribution in [2.24, 2.45) is 17.8 Å². The highest BCUT2D eigenvalue weighted by atomic mass is 16.6. The number of allylic oxidation sites excluding steroid dienone is 1. The van der Waals surface area contributed by atoms with Crippen LogP contribution in [-0.2, 0) is 14.3 Å². The monoisotopic (exact) mass is 327 g/mol. The lowest BCUT2D eigenvalue weighted by Gasteiger charge is -2.41. The number of fused-ring (bicyclic) bond motifs is 3. The number of rotatable bonds is 2. The topological polar surface area (TPSA) is 55.8 Å². The predicted octanol–water partition coefficient (Wildman–Crippen LogP) is 1.99. The van der Waals surface area contributed by atoms with E-state index in [-0.39, 0.29) is 29.7 Å². The number of nitrogens with zero attached hydrogens (tertiary/aromatic N) is 1. The number of hydrogen-bond acceptors (Lipinski definition) is 5. The summed E-state index contributed by atoms with van der Waals surface area (Å²) in [5, 5.41) is 0. The number of esters is 2. The molecule has 4 atom stereocenters. The van der Waals surface area contributed by atoms with Crippen molar-refractivity contribution in [1.29, 1.82) is 0 Å². The van der Waals surface area contributed by atoms with E-state index >= 15 is 0 Å². The summed E-state index contributed by atoms with van der Waals surface area (Å²) in [6.07, 6.45) is 3.15. The first-order chi connectivity index (χ1) is 11.6. The second-order valence-corrected chi connectivity index (χ2v) is 6.95. The van der Waals surface area contributed by atoms with Crippen LogP contribution in [0.15, 0.2) is 35.9 Å². The molecule has 1 aromatic rings. The van der Waals surface area contributed by atoms with Gasteiger partial charge in [0.1, 0.15) is 5.75 Å². The molecule has 3 aliphatic rings. The Hall–Kier alpha value is -2.14. The standard InChI is InChI=1S/C19H21NO4/c1-20-8-7-12-9-14(11-3-5-13(23-2)6-4-11)16-17(15(12)10-20)19(22)24-18(16)21/h3-6,9,14-17H,7-8,10H2,1-2H3. The van der Waals surface area contributed by atoms with Crippen LogP contribution in [0.1, 0.15) is 17.9 Å². The Labute approximate surface area is 141 Å². The molecule has 2 aliphatic heterocycles. The Morgan fingerprint density at radius 2 is 1.83 bits per heavy atom. The molecule has 1 aromatic carbocycles. The maximum atomic E-state index is 12.4. The largest absolute Gasteiger partial charge is 0.497 e.